The molecule has 1 aromatic rings. The lowest BCUT2D eigenvalue weighted by molar-refractivity contribution is -0.125. The van der Waals surface area contributed by atoms with Crippen LogP contribution in [0.5, 0.6) is 0 Å². The van der Waals surface area contributed by atoms with E-state index in [9.17, 15) is 27.6 Å². The van der Waals surface area contributed by atoms with Crippen LogP contribution in [0.25, 0.3) is 0 Å². The molecule has 2 N–H and O–H groups in total. The van der Waals surface area contributed by atoms with Crippen molar-refractivity contribution in [3.05, 3.63) is 34.3 Å². The Hall–Kier alpha value is -2.10. The lowest BCUT2D eigenvalue weighted by atomic mass is 10.2. The highest BCUT2D eigenvalue weighted by Crippen LogP contribution is 2.12. The van der Waals surface area contributed by atoms with Gasteiger partial charge in [0.1, 0.15) is 6.54 Å². The Labute approximate surface area is 131 Å². The first kappa shape index (κ1) is 18.0. The predicted molar refractivity (Wildman–Crippen MR) is 72.0 cm³/mol. The number of urea groups is 1. The summed E-state index contributed by atoms with van der Waals surface area (Å²) >= 11 is 3.17. The summed E-state index contributed by atoms with van der Waals surface area (Å²) in [6.07, 6.45) is -4.59. The minimum Gasteiger partial charge on any atom is -0.452 e. The van der Waals surface area contributed by atoms with Crippen LogP contribution in [0.2, 0.25) is 0 Å². The van der Waals surface area contributed by atoms with Gasteiger partial charge in [-0.05, 0) is 24.3 Å². The molecule has 6 nitrogen and oxygen atoms in total. The second kappa shape index (κ2) is 7.78. The molecule has 0 spiro atoms. The number of ether oxygens (including phenoxy) is 1. The van der Waals surface area contributed by atoms with E-state index in [1.165, 1.54) is 17.4 Å². The summed E-state index contributed by atoms with van der Waals surface area (Å²) in [6.45, 7) is -2.38. The van der Waals surface area contributed by atoms with Gasteiger partial charge in [-0.15, -0.1) is 0 Å². The van der Waals surface area contributed by atoms with Crippen LogP contribution in [-0.4, -0.2) is 37.2 Å². The van der Waals surface area contributed by atoms with Gasteiger partial charge in [-0.3, -0.25) is 10.1 Å². The Balaban J connectivity index is 2.35. The van der Waals surface area contributed by atoms with Gasteiger partial charge in [-0.2, -0.15) is 13.2 Å². The highest BCUT2D eigenvalue weighted by atomic mass is 79.9. The van der Waals surface area contributed by atoms with Gasteiger partial charge in [-0.1, -0.05) is 15.9 Å². The highest BCUT2D eigenvalue weighted by Gasteiger charge is 2.28. The molecule has 0 saturated carbocycles. The van der Waals surface area contributed by atoms with Crippen LogP contribution in [0.4, 0.5) is 18.0 Å². The van der Waals surface area contributed by atoms with Crippen molar-refractivity contribution in [2.75, 3.05) is 13.2 Å². The topological polar surface area (TPSA) is 84.5 Å². The fourth-order valence-electron chi connectivity index (χ4n) is 1.19. The lowest BCUT2D eigenvalue weighted by Gasteiger charge is -2.09. The average molecular weight is 383 g/mol. The lowest BCUT2D eigenvalue weighted by Crippen LogP contribution is -2.44. The largest absolute Gasteiger partial charge is 0.452 e. The maximum Gasteiger partial charge on any atom is 0.405 e. The van der Waals surface area contributed by atoms with Gasteiger partial charge in [0.05, 0.1) is 5.56 Å². The number of hydrogen-bond acceptors (Lipinski definition) is 4. The maximum absolute atomic E-state index is 11.8. The van der Waals surface area contributed by atoms with Gasteiger partial charge in [0.25, 0.3) is 5.91 Å². The zero-order valence-corrected chi connectivity index (χ0v) is 12.5. The number of amides is 3. The first-order chi connectivity index (χ1) is 10.2. The number of esters is 1. The van der Waals surface area contributed by atoms with E-state index in [1.807, 2.05) is 0 Å². The van der Waals surface area contributed by atoms with Crippen molar-refractivity contribution in [3.63, 3.8) is 0 Å². The minimum absolute atomic E-state index is 0.178. The quantitative estimate of drug-likeness (QED) is 0.780. The number of alkyl halides is 3. The minimum atomic E-state index is -4.59. The average Bonchev–Trinajstić information content (AvgIpc) is 2.42. The molecule has 0 atom stereocenters. The zero-order chi connectivity index (χ0) is 16.8. The smallest absolute Gasteiger partial charge is 0.405 e. The van der Waals surface area contributed by atoms with Crippen molar-refractivity contribution < 1.29 is 32.3 Å². The first-order valence-corrected chi connectivity index (χ1v) is 6.54. The molecule has 0 aromatic heterocycles. The van der Waals surface area contributed by atoms with Crippen LogP contribution < -0.4 is 10.6 Å². The van der Waals surface area contributed by atoms with E-state index in [2.05, 4.69) is 20.7 Å². The van der Waals surface area contributed by atoms with Crippen LogP contribution in [0.1, 0.15) is 10.4 Å². The maximum atomic E-state index is 11.8. The molecule has 0 aliphatic carbocycles. The number of carbonyl (C=O) groups is 3. The predicted octanol–water partition coefficient (Wildman–Crippen LogP) is 1.99. The second-order valence-electron chi connectivity index (χ2n) is 3.93. The molecule has 0 unspecified atom stereocenters. The summed E-state index contributed by atoms with van der Waals surface area (Å²) in [4.78, 5) is 33.7. The fraction of sp³-hybridized carbons (Fsp3) is 0.250. The number of carbonyl (C=O) groups excluding carboxylic acids is 3. The van der Waals surface area contributed by atoms with Crippen molar-refractivity contribution in [1.82, 2.24) is 10.6 Å². The van der Waals surface area contributed by atoms with E-state index < -0.39 is 37.2 Å². The molecule has 120 valence electrons. The summed E-state index contributed by atoms with van der Waals surface area (Å²) in [5, 5.41) is 3.03. The van der Waals surface area contributed by atoms with Crippen molar-refractivity contribution in [3.8, 4) is 0 Å². The summed E-state index contributed by atoms with van der Waals surface area (Å²) < 4.78 is 40.8. The molecule has 0 aliphatic heterocycles. The summed E-state index contributed by atoms with van der Waals surface area (Å²) in [7, 11) is 0. The van der Waals surface area contributed by atoms with Gasteiger partial charge in [0.15, 0.2) is 6.61 Å². The van der Waals surface area contributed by atoms with E-state index in [1.54, 1.807) is 17.4 Å². The Morgan fingerprint density at radius 2 is 1.73 bits per heavy atom. The SMILES string of the molecule is O=C(COC(=O)c1ccc(Br)cc1)NC(=O)NCC(F)(F)F. The highest BCUT2D eigenvalue weighted by molar-refractivity contribution is 9.10. The van der Waals surface area contributed by atoms with Crippen molar-refractivity contribution in [2.24, 2.45) is 0 Å². The van der Waals surface area contributed by atoms with Crippen molar-refractivity contribution in [1.29, 1.82) is 0 Å². The van der Waals surface area contributed by atoms with Crippen LogP contribution in [-0.2, 0) is 9.53 Å². The number of nitrogens with one attached hydrogen (secondary N) is 2. The standard InChI is InChI=1S/C12H10BrF3N2O4/c13-8-3-1-7(2-4-8)10(20)22-5-9(19)18-11(21)17-6-12(14,15)16/h1-4H,5-6H2,(H2,17,18,19,21). The molecule has 3 amide bonds. The third-order valence-corrected chi connectivity index (χ3v) is 2.65. The van der Waals surface area contributed by atoms with Gasteiger partial charge in [0, 0.05) is 4.47 Å². The fourth-order valence-corrected chi connectivity index (χ4v) is 1.45. The third-order valence-electron chi connectivity index (χ3n) is 2.12. The molecule has 10 heteroatoms. The van der Waals surface area contributed by atoms with E-state index in [-0.39, 0.29) is 5.56 Å². The van der Waals surface area contributed by atoms with E-state index in [0.29, 0.717) is 0 Å². The van der Waals surface area contributed by atoms with E-state index in [4.69, 9.17) is 0 Å². The zero-order valence-electron chi connectivity index (χ0n) is 10.9. The van der Waals surface area contributed by atoms with Gasteiger partial charge in [-0.25, -0.2) is 9.59 Å². The third kappa shape index (κ3) is 7.07. The molecule has 22 heavy (non-hydrogen) atoms. The molecule has 0 aliphatic rings. The molecule has 0 saturated heterocycles. The summed E-state index contributed by atoms with van der Waals surface area (Å²) in [5.74, 6) is -1.86. The van der Waals surface area contributed by atoms with Crippen molar-refractivity contribution in [2.45, 2.75) is 6.18 Å². The number of rotatable bonds is 4. The summed E-state index contributed by atoms with van der Waals surface area (Å²) in [6, 6.07) is 4.73. The Bertz CT molecular complexity index is 560. The second-order valence-corrected chi connectivity index (χ2v) is 4.84. The number of benzene rings is 1. The van der Waals surface area contributed by atoms with Crippen LogP contribution in [0, 0.1) is 0 Å². The molecule has 1 aromatic carbocycles. The Kier molecular flexibility index (Phi) is 6.35. The molecule has 0 bridgehead atoms. The molecule has 0 heterocycles. The van der Waals surface area contributed by atoms with Gasteiger partial charge < -0.3 is 10.1 Å². The molecule has 0 fully saturated rings. The normalized spacial score (nSPS) is 10.7. The molecule has 0 radical (unpaired) electrons. The molecule has 1 rings (SSSR count). The van der Waals surface area contributed by atoms with Gasteiger partial charge in [0.2, 0.25) is 0 Å². The van der Waals surface area contributed by atoms with Crippen LogP contribution in [0.15, 0.2) is 28.7 Å². The van der Waals surface area contributed by atoms with Crippen molar-refractivity contribution >= 4 is 33.8 Å². The van der Waals surface area contributed by atoms with Crippen LogP contribution in [0.3, 0.4) is 0 Å². The van der Waals surface area contributed by atoms with E-state index >= 15 is 0 Å². The molecular weight excluding hydrogens is 373 g/mol. The molecular formula is C12H10BrF3N2O4. The van der Waals surface area contributed by atoms with Gasteiger partial charge >= 0.3 is 18.2 Å². The monoisotopic (exact) mass is 382 g/mol. The number of halogens is 4. The van der Waals surface area contributed by atoms with Crippen LogP contribution >= 0.6 is 15.9 Å². The number of imide groups is 1. The summed E-state index contributed by atoms with van der Waals surface area (Å²) in [5.41, 5.74) is 0.178. The number of hydrogen-bond donors (Lipinski definition) is 2. The first-order valence-electron chi connectivity index (χ1n) is 5.74. The van der Waals surface area contributed by atoms with E-state index in [0.717, 1.165) is 4.47 Å². The Morgan fingerprint density at radius 1 is 1.14 bits per heavy atom. The Morgan fingerprint density at radius 3 is 2.27 bits per heavy atom.